The van der Waals surface area contributed by atoms with Gasteiger partial charge in [0.15, 0.2) is 6.10 Å². The molecule has 1 aromatic carbocycles. The molecule has 98 valence electrons. The molecule has 1 heterocycles. The number of ether oxygens (including phenoxy) is 1. The molecule has 1 unspecified atom stereocenters. The summed E-state index contributed by atoms with van der Waals surface area (Å²) in [5.74, 6) is 0.539. The van der Waals surface area contributed by atoms with Crippen LogP contribution in [-0.4, -0.2) is 30.5 Å². The average molecular weight is 269 g/mol. The fraction of sp³-hybridized carbons (Fsp3) is 0.462. The molecule has 0 spiro atoms. The average Bonchev–Trinajstić information content (AvgIpc) is 2.63. The molecule has 2 N–H and O–H groups in total. The second kappa shape index (κ2) is 5.16. The van der Waals surface area contributed by atoms with Crippen molar-refractivity contribution in [3.63, 3.8) is 0 Å². The number of amides is 1. The Balaban J connectivity index is 2.13. The van der Waals surface area contributed by atoms with Crippen molar-refractivity contribution in [3.05, 3.63) is 28.8 Å². The maximum Gasteiger partial charge on any atom is 0.263 e. The molecular formula is C13H17ClN2O2. The molecule has 0 aromatic heterocycles. The molecule has 5 heteroatoms. The Kier molecular flexibility index (Phi) is 3.78. The van der Waals surface area contributed by atoms with Gasteiger partial charge in [0.25, 0.3) is 5.91 Å². The highest BCUT2D eigenvalue weighted by molar-refractivity contribution is 6.32. The lowest BCUT2D eigenvalue weighted by atomic mass is 10.1. The summed E-state index contributed by atoms with van der Waals surface area (Å²) in [5, 5.41) is 0.493. The Labute approximate surface area is 112 Å². The summed E-state index contributed by atoms with van der Waals surface area (Å²) in [4.78, 5) is 13.4. The van der Waals surface area contributed by atoms with Gasteiger partial charge in [-0.2, -0.15) is 0 Å². The van der Waals surface area contributed by atoms with Crippen LogP contribution >= 0.6 is 11.6 Å². The lowest BCUT2D eigenvalue weighted by Crippen LogP contribution is -2.29. The Morgan fingerprint density at radius 3 is 2.78 bits per heavy atom. The van der Waals surface area contributed by atoms with Crippen molar-refractivity contribution in [2.75, 3.05) is 13.6 Å². The second-order valence-corrected chi connectivity index (χ2v) is 5.04. The number of rotatable bonds is 3. The molecular weight excluding hydrogens is 252 g/mol. The van der Waals surface area contributed by atoms with Crippen LogP contribution in [0.1, 0.15) is 24.9 Å². The summed E-state index contributed by atoms with van der Waals surface area (Å²) in [5.41, 5.74) is 6.72. The van der Waals surface area contributed by atoms with Crippen LogP contribution in [0.25, 0.3) is 0 Å². The van der Waals surface area contributed by atoms with Crippen LogP contribution in [0.5, 0.6) is 5.75 Å². The third-order valence-corrected chi connectivity index (χ3v) is 3.42. The van der Waals surface area contributed by atoms with E-state index in [-0.39, 0.29) is 11.9 Å². The van der Waals surface area contributed by atoms with Gasteiger partial charge < -0.3 is 15.4 Å². The Morgan fingerprint density at radius 1 is 1.56 bits per heavy atom. The van der Waals surface area contributed by atoms with Crippen molar-refractivity contribution in [1.29, 1.82) is 0 Å². The maximum atomic E-state index is 11.7. The van der Waals surface area contributed by atoms with Gasteiger partial charge >= 0.3 is 0 Å². The van der Waals surface area contributed by atoms with E-state index in [4.69, 9.17) is 22.1 Å². The summed E-state index contributed by atoms with van der Waals surface area (Å²) in [6.07, 6.45) is 0.273. The minimum absolute atomic E-state index is 0.00216. The minimum atomic E-state index is -0.423. The van der Waals surface area contributed by atoms with Gasteiger partial charge in [0.2, 0.25) is 0 Å². The number of nitrogens with two attached hydrogens (primary N) is 1. The number of carbonyl (C=O) groups is 1. The smallest absolute Gasteiger partial charge is 0.263 e. The minimum Gasteiger partial charge on any atom is -0.479 e. The van der Waals surface area contributed by atoms with E-state index in [1.54, 1.807) is 24.1 Å². The maximum absolute atomic E-state index is 11.7. The summed E-state index contributed by atoms with van der Waals surface area (Å²) < 4.78 is 5.66. The Hall–Kier alpha value is -1.26. The van der Waals surface area contributed by atoms with Gasteiger partial charge in [-0.1, -0.05) is 17.7 Å². The van der Waals surface area contributed by atoms with Crippen molar-refractivity contribution in [1.82, 2.24) is 4.90 Å². The second-order valence-electron chi connectivity index (χ2n) is 4.63. The topological polar surface area (TPSA) is 55.6 Å². The van der Waals surface area contributed by atoms with Crippen LogP contribution in [-0.2, 0) is 4.79 Å². The number of carbonyl (C=O) groups excluding carboxylic acids is 1. The standard InChI is InChI=1S/C13H17ClN2O2/c1-8(15)9-3-4-11(10(14)7-9)18-12-5-6-16(2)13(12)17/h3-4,7-8,12H,5-6,15H2,1-2H3/t8-,12?/m1/s1. The third-order valence-electron chi connectivity index (χ3n) is 3.13. The van der Waals surface area contributed by atoms with Crippen LogP contribution in [0.15, 0.2) is 18.2 Å². The highest BCUT2D eigenvalue weighted by atomic mass is 35.5. The molecule has 1 aliphatic heterocycles. The van der Waals surface area contributed by atoms with Gasteiger partial charge in [-0.15, -0.1) is 0 Å². The number of benzene rings is 1. The zero-order valence-corrected chi connectivity index (χ0v) is 11.3. The number of hydrogen-bond acceptors (Lipinski definition) is 3. The highest BCUT2D eigenvalue weighted by Crippen LogP contribution is 2.29. The number of likely N-dealkylation sites (N-methyl/N-ethyl adjacent to an activating group) is 1. The summed E-state index contributed by atoms with van der Waals surface area (Å²) in [6.45, 7) is 2.61. The molecule has 2 atom stereocenters. The normalized spacial score (nSPS) is 21.2. The molecule has 0 aliphatic carbocycles. The SMILES string of the molecule is C[C@@H](N)c1ccc(OC2CCN(C)C2=O)c(Cl)c1. The van der Waals surface area contributed by atoms with E-state index in [0.29, 0.717) is 17.2 Å². The van der Waals surface area contributed by atoms with Gasteiger partial charge in [0.1, 0.15) is 5.75 Å². The fourth-order valence-corrected chi connectivity index (χ4v) is 2.18. The molecule has 2 rings (SSSR count). The molecule has 18 heavy (non-hydrogen) atoms. The zero-order valence-electron chi connectivity index (χ0n) is 10.5. The van der Waals surface area contributed by atoms with E-state index >= 15 is 0 Å². The number of halogens is 1. The summed E-state index contributed by atoms with van der Waals surface area (Å²) in [7, 11) is 1.77. The van der Waals surface area contributed by atoms with E-state index < -0.39 is 6.10 Å². The molecule has 1 aromatic rings. The first-order valence-electron chi connectivity index (χ1n) is 5.95. The van der Waals surface area contributed by atoms with E-state index in [9.17, 15) is 4.79 Å². The first kappa shape index (κ1) is 13.2. The van der Waals surface area contributed by atoms with Crippen molar-refractivity contribution < 1.29 is 9.53 Å². The van der Waals surface area contributed by atoms with Crippen molar-refractivity contribution in [3.8, 4) is 5.75 Å². The van der Waals surface area contributed by atoms with Crippen molar-refractivity contribution >= 4 is 17.5 Å². The quantitative estimate of drug-likeness (QED) is 0.912. The largest absolute Gasteiger partial charge is 0.479 e. The number of likely N-dealkylation sites (tertiary alicyclic amines) is 1. The predicted octanol–water partition coefficient (Wildman–Crippen LogP) is 1.97. The Morgan fingerprint density at radius 2 is 2.28 bits per heavy atom. The lowest BCUT2D eigenvalue weighted by Gasteiger charge is -2.15. The van der Waals surface area contributed by atoms with Crippen LogP contribution < -0.4 is 10.5 Å². The molecule has 1 aliphatic rings. The number of nitrogens with zero attached hydrogens (tertiary/aromatic N) is 1. The predicted molar refractivity (Wildman–Crippen MR) is 70.7 cm³/mol. The molecule has 1 saturated heterocycles. The van der Waals surface area contributed by atoms with Gasteiger partial charge in [0.05, 0.1) is 5.02 Å². The Bertz CT molecular complexity index is 462. The van der Waals surface area contributed by atoms with Crippen molar-refractivity contribution in [2.45, 2.75) is 25.5 Å². The van der Waals surface area contributed by atoms with Gasteiger partial charge in [-0.05, 0) is 24.6 Å². The van der Waals surface area contributed by atoms with Crippen LogP contribution in [0.4, 0.5) is 0 Å². The third kappa shape index (κ3) is 2.60. The van der Waals surface area contributed by atoms with Crippen LogP contribution in [0.3, 0.4) is 0 Å². The highest BCUT2D eigenvalue weighted by Gasteiger charge is 2.31. The van der Waals surface area contributed by atoms with Gasteiger partial charge in [-0.25, -0.2) is 0 Å². The van der Waals surface area contributed by atoms with E-state index in [1.165, 1.54) is 0 Å². The van der Waals surface area contributed by atoms with Crippen LogP contribution in [0.2, 0.25) is 5.02 Å². The van der Waals surface area contributed by atoms with E-state index in [0.717, 1.165) is 12.1 Å². The summed E-state index contributed by atoms with van der Waals surface area (Å²) in [6, 6.07) is 5.35. The summed E-state index contributed by atoms with van der Waals surface area (Å²) >= 11 is 6.13. The molecule has 0 radical (unpaired) electrons. The lowest BCUT2D eigenvalue weighted by molar-refractivity contribution is -0.132. The molecule has 1 amide bonds. The fourth-order valence-electron chi connectivity index (χ4n) is 1.95. The van der Waals surface area contributed by atoms with E-state index in [2.05, 4.69) is 0 Å². The van der Waals surface area contributed by atoms with Crippen LogP contribution in [0, 0.1) is 0 Å². The molecule has 0 saturated carbocycles. The van der Waals surface area contributed by atoms with Gasteiger partial charge in [-0.3, -0.25) is 4.79 Å². The first-order valence-corrected chi connectivity index (χ1v) is 6.33. The molecule has 1 fully saturated rings. The molecule has 0 bridgehead atoms. The molecule has 4 nitrogen and oxygen atoms in total. The van der Waals surface area contributed by atoms with E-state index in [1.807, 2.05) is 13.0 Å². The monoisotopic (exact) mass is 268 g/mol. The van der Waals surface area contributed by atoms with Gasteiger partial charge in [0, 0.05) is 26.1 Å². The first-order chi connectivity index (χ1) is 8.49. The zero-order chi connectivity index (χ0) is 13.3. The van der Waals surface area contributed by atoms with Crippen molar-refractivity contribution in [2.24, 2.45) is 5.73 Å². The number of hydrogen-bond donors (Lipinski definition) is 1.